The average Bonchev–Trinajstić information content (AvgIpc) is 2.43. The van der Waals surface area contributed by atoms with Crippen LogP contribution >= 0.6 is 0 Å². The normalized spacial score (nSPS) is 14.8. The van der Waals surface area contributed by atoms with E-state index >= 15 is 0 Å². The maximum Gasteiger partial charge on any atom is 0.0869 e. The van der Waals surface area contributed by atoms with Gasteiger partial charge in [-0.15, -0.1) is 0 Å². The molecule has 0 aliphatic carbocycles. The smallest absolute Gasteiger partial charge is 0.0869 e. The van der Waals surface area contributed by atoms with Gasteiger partial charge in [0.05, 0.1) is 6.10 Å². The lowest BCUT2D eigenvalue weighted by Gasteiger charge is -2.08. The van der Waals surface area contributed by atoms with Crippen LogP contribution in [0.4, 0.5) is 0 Å². The summed E-state index contributed by atoms with van der Waals surface area (Å²) in [5, 5.41) is 9.49. The maximum absolute atomic E-state index is 9.49. The molecule has 0 radical (unpaired) electrons. The number of allylic oxidation sites excluding steroid dienone is 1. The van der Waals surface area contributed by atoms with Crippen LogP contribution in [0, 0.1) is 0 Å². The number of hydrogen-bond donors (Lipinski definition) is 2. The molecule has 120 valence electrons. The Morgan fingerprint density at radius 2 is 1.30 bits per heavy atom. The largest absolute Gasteiger partial charge is 0.387 e. The van der Waals surface area contributed by atoms with Crippen LogP contribution in [0.5, 0.6) is 0 Å². The molecule has 2 heteroatoms. The van der Waals surface area contributed by atoms with Crippen LogP contribution in [0.15, 0.2) is 12.2 Å². The highest BCUT2D eigenvalue weighted by Gasteiger charge is 2.03. The number of unbranched alkanes of at least 4 members (excludes halogenated alkanes) is 11. The SMILES string of the molecule is CCCCCCCCCCCCCC=CC(O)C(C)N. The Balaban J connectivity index is 3.13. The molecule has 0 heterocycles. The lowest BCUT2D eigenvalue weighted by atomic mass is 10.0. The topological polar surface area (TPSA) is 46.2 Å². The summed E-state index contributed by atoms with van der Waals surface area (Å²) < 4.78 is 0. The van der Waals surface area contributed by atoms with Crippen LogP contribution in [0.3, 0.4) is 0 Å². The van der Waals surface area contributed by atoms with Crippen molar-refractivity contribution in [3.05, 3.63) is 12.2 Å². The monoisotopic (exact) mass is 283 g/mol. The minimum atomic E-state index is -0.484. The lowest BCUT2D eigenvalue weighted by molar-refractivity contribution is 0.198. The zero-order chi connectivity index (χ0) is 15.1. The zero-order valence-corrected chi connectivity index (χ0v) is 13.8. The molecule has 0 spiro atoms. The number of aliphatic hydroxyl groups is 1. The summed E-state index contributed by atoms with van der Waals surface area (Å²) in [5.74, 6) is 0. The lowest BCUT2D eigenvalue weighted by Crippen LogP contribution is -2.29. The molecule has 2 unspecified atom stereocenters. The van der Waals surface area contributed by atoms with Crippen molar-refractivity contribution in [3.8, 4) is 0 Å². The van der Waals surface area contributed by atoms with Gasteiger partial charge in [-0.25, -0.2) is 0 Å². The summed E-state index contributed by atoms with van der Waals surface area (Å²) in [4.78, 5) is 0. The van der Waals surface area contributed by atoms with E-state index in [0.29, 0.717) is 0 Å². The number of rotatable bonds is 14. The Labute approximate surface area is 126 Å². The minimum Gasteiger partial charge on any atom is -0.387 e. The Hall–Kier alpha value is -0.340. The molecule has 0 aliphatic heterocycles. The molecule has 0 aromatic heterocycles. The van der Waals surface area contributed by atoms with Crippen molar-refractivity contribution < 1.29 is 5.11 Å². The number of hydrogen-bond acceptors (Lipinski definition) is 2. The zero-order valence-electron chi connectivity index (χ0n) is 13.8. The molecule has 0 fully saturated rings. The Bertz CT molecular complexity index is 213. The predicted molar refractivity (Wildman–Crippen MR) is 89.9 cm³/mol. The van der Waals surface area contributed by atoms with Crippen molar-refractivity contribution >= 4 is 0 Å². The minimum absolute atomic E-state index is 0.163. The van der Waals surface area contributed by atoms with Crippen LogP contribution in [-0.4, -0.2) is 17.3 Å². The van der Waals surface area contributed by atoms with E-state index in [1.54, 1.807) is 0 Å². The van der Waals surface area contributed by atoms with Gasteiger partial charge < -0.3 is 10.8 Å². The molecule has 0 amide bonds. The molecule has 0 aromatic carbocycles. The fraction of sp³-hybridized carbons (Fsp3) is 0.889. The van der Waals surface area contributed by atoms with Gasteiger partial charge in [-0.1, -0.05) is 83.3 Å². The third-order valence-corrected chi connectivity index (χ3v) is 3.85. The molecular formula is C18H37NO. The van der Waals surface area contributed by atoms with Gasteiger partial charge in [-0.2, -0.15) is 0 Å². The third-order valence-electron chi connectivity index (χ3n) is 3.85. The molecule has 0 aromatic rings. The van der Waals surface area contributed by atoms with E-state index < -0.39 is 6.10 Å². The second-order valence-corrected chi connectivity index (χ2v) is 6.10. The van der Waals surface area contributed by atoms with Gasteiger partial charge in [0, 0.05) is 6.04 Å². The van der Waals surface area contributed by atoms with Crippen LogP contribution in [-0.2, 0) is 0 Å². The first-order valence-corrected chi connectivity index (χ1v) is 8.78. The van der Waals surface area contributed by atoms with E-state index in [1.807, 2.05) is 13.0 Å². The Morgan fingerprint density at radius 3 is 1.75 bits per heavy atom. The van der Waals surface area contributed by atoms with Gasteiger partial charge >= 0.3 is 0 Å². The molecular weight excluding hydrogens is 246 g/mol. The van der Waals surface area contributed by atoms with E-state index in [4.69, 9.17) is 5.73 Å². The van der Waals surface area contributed by atoms with Crippen molar-refractivity contribution in [2.45, 2.75) is 103 Å². The molecule has 2 nitrogen and oxygen atoms in total. The van der Waals surface area contributed by atoms with Crippen LogP contribution < -0.4 is 5.73 Å². The molecule has 0 saturated carbocycles. The van der Waals surface area contributed by atoms with E-state index in [2.05, 4.69) is 13.0 Å². The molecule has 0 rings (SSSR count). The highest BCUT2D eigenvalue weighted by Crippen LogP contribution is 2.12. The molecule has 0 bridgehead atoms. The molecule has 0 saturated heterocycles. The molecule has 2 atom stereocenters. The first-order valence-electron chi connectivity index (χ1n) is 8.78. The Morgan fingerprint density at radius 1 is 0.850 bits per heavy atom. The second-order valence-electron chi connectivity index (χ2n) is 6.10. The summed E-state index contributed by atoms with van der Waals surface area (Å²) in [7, 11) is 0. The number of nitrogens with two attached hydrogens (primary N) is 1. The van der Waals surface area contributed by atoms with Gasteiger partial charge in [0.15, 0.2) is 0 Å². The quantitative estimate of drug-likeness (QED) is 0.350. The maximum atomic E-state index is 9.49. The summed E-state index contributed by atoms with van der Waals surface area (Å²) >= 11 is 0. The third kappa shape index (κ3) is 14.1. The summed E-state index contributed by atoms with van der Waals surface area (Å²) in [6.07, 6.45) is 19.7. The van der Waals surface area contributed by atoms with Crippen molar-refractivity contribution in [2.24, 2.45) is 5.73 Å². The van der Waals surface area contributed by atoms with E-state index in [9.17, 15) is 5.11 Å². The molecule has 3 N–H and O–H groups in total. The van der Waals surface area contributed by atoms with E-state index in [-0.39, 0.29) is 6.04 Å². The summed E-state index contributed by atoms with van der Waals surface area (Å²) in [5.41, 5.74) is 5.58. The van der Waals surface area contributed by atoms with Crippen LogP contribution in [0.25, 0.3) is 0 Å². The van der Waals surface area contributed by atoms with Crippen molar-refractivity contribution in [1.29, 1.82) is 0 Å². The van der Waals surface area contributed by atoms with Crippen molar-refractivity contribution in [1.82, 2.24) is 0 Å². The first-order chi connectivity index (χ1) is 9.68. The van der Waals surface area contributed by atoms with Gasteiger partial charge in [0.2, 0.25) is 0 Å². The highest BCUT2D eigenvalue weighted by molar-refractivity contribution is 4.92. The van der Waals surface area contributed by atoms with Gasteiger partial charge in [0.1, 0.15) is 0 Å². The predicted octanol–water partition coefficient (Wildman–Crippen LogP) is 4.95. The van der Waals surface area contributed by atoms with E-state index in [0.717, 1.165) is 6.42 Å². The fourth-order valence-electron chi connectivity index (χ4n) is 2.34. The second kappa shape index (κ2) is 15.1. The average molecular weight is 284 g/mol. The number of aliphatic hydroxyl groups excluding tert-OH is 1. The Kier molecular flexibility index (Phi) is 14.8. The standard InChI is InChI=1S/C18H37NO/c1-3-4-5-6-7-8-9-10-11-12-13-14-15-16-18(20)17(2)19/h15-18,20H,3-14,19H2,1-2H3. The van der Waals surface area contributed by atoms with Crippen molar-refractivity contribution in [2.75, 3.05) is 0 Å². The highest BCUT2D eigenvalue weighted by atomic mass is 16.3. The van der Waals surface area contributed by atoms with Gasteiger partial charge in [-0.3, -0.25) is 0 Å². The first kappa shape index (κ1) is 19.7. The summed E-state index contributed by atoms with van der Waals surface area (Å²) in [6.45, 7) is 4.10. The van der Waals surface area contributed by atoms with Crippen LogP contribution in [0.1, 0.15) is 90.9 Å². The summed E-state index contributed by atoms with van der Waals surface area (Å²) in [6, 6.07) is -0.163. The molecule has 0 aliphatic rings. The van der Waals surface area contributed by atoms with Crippen molar-refractivity contribution in [3.63, 3.8) is 0 Å². The van der Waals surface area contributed by atoms with Gasteiger partial charge in [0.25, 0.3) is 0 Å². The van der Waals surface area contributed by atoms with Gasteiger partial charge in [-0.05, 0) is 19.8 Å². The van der Waals surface area contributed by atoms with E-state index in [1.165, 1.54) is 70.6 Å². The molecule has 20 heavy (non-hydrogen) atoms. The fourth-order valence-corrected chi connectivity index (χ4v) is 2.34. The van der Waals surface area contributed by atoms with Crippen LogP contribution in [0.2, 0.25) is 0 Å².